The highest BCUT2D eigenvalue weighted by atomic mass is 32.1. The van der Waals surface area contributed by atoms with Crippen LogP contribution in [0.3, 0.4) is 0 Å². The third-order valence-corrected chi connectivity index (χ3v) is 5.41. The number of aromatic nitrogens is 4. The van der Waals surface area contributed by atoms with Crippen LogP contribution in [0.2, 0.25) is 0 Å². The van der Waals surface area contributed by atoms with Gasteiger partial charge in [-0.1, -0.05) is 23.5 Å². The van der Waals surface area contributed by atoms with Crippen LogP contribution in [0.15, 0.2) is 42.9 Å². The first kappa shape index (κ1) is 17.0. The monoisotopic (exact) mass is 395 g/mol. The number of rotatable bonds is 5. The number of nitrogens with zero attached hydrogens (tertiary/aromatic N) is 4. The van der Waals surface area contributed by atoms with Crippen molar-refractivity contribution in [1.29, 1.82) is 0 Å². The molecule has 0 bridgehead atoms. The molecule has 28 heavy (non-hydrogen) atoms. The molecule has 1 aliphatic heterocycles. The summed E-state index contributed by atoms with van der Waals surface area (Å²) in [6.45, 7) is 1.49. The van der Waals surface area contributed by atoms with E-state index >= 15 is 0 Å². The molecule has 0 saturated heterocycles. The summed E-state index contributed by atoms with van der Waals surface area (Å²) in [5, 5.41) is 8.83. The zero-order chi connectivity index (χ0) is 18.9. The van der Waals surface area contributed by atoms with Gasteiger partial charge in [-0.15, -0.1) is 5.10 Å². The van der Waals surface area contributed by atoms with Gasteiger partial charge in [-0.25, -0.2) is 9.50 Å². The lowest BCUT2D eigenvalue weighted by atomic mass is 10.1. The molecule has 4 aromatic rings. The van der Waals surface area contributed by atoms with E-state index in [-0.39, 0.29) is 0 Å². The highest BCUT2D eigenvalue weighted by Crippen LogP contribution is 2.29. The molecule has 1 N–H and O–H groups in total. The molecule has 0 amide bonds. The van der Waals surface area contributed by atoms with Crippen molar-refractivity contribution in [2.75, 3.05) is 19.2 Å². The van der Waals surface area contributed by atoms with E-state index < -0.39 is 0 Å². The van der Waals surface area contributed by atoms with Gasteiger partial charge in [0.15, 0.2) is 6.79 Å². The van der Waals surface area contributed by atoms with Crippen molar-refractivity contribution in [2.24, 2.45) is 0 Å². The molecule has 0 atom stereocenters. The Labute approximate surface area is 164 Å². The molecule has 142 valence electrons. The van der Waals surface area contributed by atoms with Crippen molar-refractivity contribution in [3.8, 4) is 22.8 Å². The average molecular weight is 395 g/mol. The number of pyridine rings is 1. The van der Waals surface area contributed by atoms with E-state index in [0.29, 0.717) is 25.7 Å². The largest absolute Gasteiger partial charge is 0.495 e. The Morgan fingerprint density at radius 1 is 1.29 bits per heavy atom. The Bertz CT molecular complexity index is 1140. The van der Waals surface area contributed by atoms with E-state index in [1.807, 2.05) is 22.7 Å². The smallest absolute Gasteiger partial charge is 0.214 e. The molecule has 0 radical (unpaired) electrons. The number of nitrogens with one attached hydrogen (secondary N) is 1. The van der Waals surface area contributed by atoms with E-state index in [2.05, 4.69) is 26.4 Å². The van der Waals surface area contributed by atoms with Gasteiger partial charge in [-0.3, -0.25) is 4.98 Å². The van der Waals surface area contributed by atoms with Crippen molar-refractivity contribution in [3.63, 3.8) is 0 Å². The van der Waals surface area contributed by atoms with E-state index in [9.17, 15) is 0 Å². The summed E-state index contributed by atoms with van der Waals surface area (Å²) < 4.78 is 18.0. The molecule has 5 rings (SSSR count). The van der Waals surface area contributed by atoms with E-state index in [0.717, 1.165) is 38.2 Å². The van der Waals surface area contributed by atoms with Gasteiger partial charge in [0, 0.05) is 23.9 Å². The molecule has 0 fully saturated rings. The minimum atomic E-state index is 0.301. The Hall–Kier alpha value is -3.17. The summed E-state index contributed by atoms with van der Waals surface area (Å²) >= 11 is 1.49. The Kier molecular flexibility index (Phi) is 4.30. The van der Waals surface area contributed by atoms with Gasteiger partial charge in [0.25, 0.3) is 0 Å². The first-order valence-corrected chi connectivity index (χ1v) is 9.52. The topological polar surface area (TPSA) is 82.8 Å². The minimum Gasteiger partial charge on any atom is -0.495 e. The van der Waals surface area contributed by atoms with Crippen LogP contribution in [-0.2, 0) is 17.9 Å². The van der Waals surface area contributed by atoms with Crippen LogP contribution in [0.5, 0.6) is 11.5 Å². The number of anilines is 1. The van der Waals surface area contributed by atoms with Crippen molar-refractivity contribution in [1.82, 2.24) is 19.6 Å². The van der Waals surface area contributed by atoms with Crippen molar-refractivity contribution in [2.45, 2.75) is 13.2 Å². The molecule has 4 heterocycles. The van der Waals surface area contributed by atoms with Crippen LogP contribution in [0.25, 0.3) is 16.2 Å². The maximum Gasteiger partial charge on any atom is 0.214 e. The molecule has 8 nitrogen and oxygen atoms in total. The first-order valence-electron chi connectivity index (χ1n) is 8.71. The second-order valence-electron chi connectivity index (χ2n) is 6.22. The maximum atomic E-state index is 5.54. The van der Waals surface area contributed by atoms with Gasteiger partial charge in [0.1, 0.15) is 11.5 Å². The lowest BCUT2D eigenvalue weighted by molar-refractivity contribution is -0.0168. The third-order valence-electron chi connectivity index (χ3n) is 4.53. The number of hydrogen-bond donors (Lipinski definition) is 1. The molecular formula is C19H17N5O3S. The summed E-state index contributed by atoms with van der Waals surface area (Å²) in [5.74, 6) is 1.58. The quantitative estimate of drug-likeness (QED) is 0.555. The predicted octanol–water partition coefficient (Wildman–Crippen LogP) is 3.34. The van der Waals surface area contributed by atoms with Crippen LogP contribution in [0.1, 0.15) is 11.1 Å². The fraction of sp³-hybridized carbons (Fsp3) is 0.211. The predicted molar refractivity (Wildman–Crippen MR) is 105 cm³/mol. The highest BCUT2D eigenvalue weighted by Gasteiger charge is 2.16. The Balaban J connectivity index is 1.40. The Morgan fingerprint density at radius 2 is 2.25 bits per heavy atom. The molecule has 0 saturated carbocycles. The van der Waals surface area contributed by atoms with Gasteiger partial charge in [0.2, 0.25) is 10.1 Å². The molecule has 9 heteroatoms. The zero-order valence-corrected chi connectivity index (χ0v) is 15.9. The SMILES string of the molecule is COc1cncc(-c2cnc3sc(NCc4cccc5c4COCO5)nn23)c1. The molecule has 0 unspecified atom stereocenters. The number of methoxy groups -OCH3 is 1. The fourth-order valence-corrected chi connectivity index (χ4v) is 3.90. The summed E-state index contributed by atoms with van der Waals surface area (Å²) in [6.07, 6.45) is 5.24. The highest BCUT2D eigenvalue weighted by molar-refractivity contribution is 7.20. The summed E-state index contributed by atoms with van der Waals surface area (Å²) in [5.41, 5.74) is 3.97. The average Bonchev–Trinajstić information content (AvgIpc) is 3.32. The summed E-state index contributed by atoms with van der Waals surface area (Å²) in [7, 11) is 1.62. The summed E-state index contributed by atoms with van der Waals surface area (Å²) in [6, 6.07) is 7.94. The lowest BCUT2D eigenvalue weighted by Crippen LogP contribution is -2.14. The van der Waals surface area contributed by atoms with Crippen LogP contribution in [0, 0.1) is 0 Å². The number of hydrogen-bond acceptors (Lipinski definition) is 8. The van der Waals surface area contributed by atoms with Crippen molar-refractivity contribution < 1.29 is 14.2 Å². The van der Waals surface area contributed by atoms with Crippen LogP contribution in [0.4, 0.5) is 5.13 Å². The lowest BCUT2D eigenvalue weighted by Gasteiger charge is -2.20. The number of imidazole rings is 1. The van der Waals surface area contributed by atoms with Gasteiger partial charge in [-0.2, -0.15) is 0 Å². The van der Waals surface area contributed by atoms with Crippen molar-refractivity contribution in [3.05, 3.63) is 54.0 Å². The molecule has 3 aromatic heterocycles. The standard InChI is InChI=1S/C19H17N5O3S/c1-25-14-5-13(6-20-8-14)16-9-22-19-24(16)23-18(28-19)21-7-12-3-2-4-17-15(12)10-26-11-27-17/h2-6,8-9H,7,10-11H2,1H3,(H,21,23). The molecule has 0 spiro atoms. The van der Waals surface area contributed by atoms with Gasteiger partial charge in [0.05, 0.1) is 31.8 Å². The molecule has 1 aliphatic rings. The molecular weight excluding hydrogens is 378 g/mol. The number of ether oxygens (including phenoxy) is 3. The van der Waals surface area contributed by atoms with Crippen LogP contribution >= 0.6 is 11.3 Å². The second-order valence-corrected chi connectivity index (χ2v) is 7.17. The summed E-state index contributed by atoms with van der Waals surface area (Å²) in [4.78, 5) is 9.49. The third kappa shape index (κ3) is 3.04. The van der Waals surface area contributed by atoms with Gasteiger partial charge >= 0.3 is 0 Å². The second kappa shape index (κ2) is 7.10. The first-order chi connectivity index (χ1) is 13.8. The normalized spacial score (nSPS) is 13.2. The van der Waals surface area contributed by atoms with Gasteiger partial charge in [-0.05, 0) is 17.7 Å². The van der Waals surface area contributed by atoms with E-state index in [4.69, 9.17) is 14.2 Å². The molecule has 0 aliphatic carbocycles. The minimum absolute atomic E-state index is 0.301. The maximum absolute atomic E-state index is 5.54. The van der Waals surface area contributed by atoms with Gasteiger partial charge < -0.3 is 19.5 Å². The number of benzene rings is 1. The molecule has 1 aromatic carbocycles. The van der Waals surface area contributed by atoms with Crippen LogP contribution in [-0.4, -0.2) is 33.5 Å². The fourth-order valence-electron chi connectivity index (χ4n) is 3.13. The zero-order valence-electron chi connectivity index (χ0n) is 15.1. The van der Waals surface area contributed by atoms with Crippen molar-refractivity contribution >= 4 is 21.4 Å². The van der Waals surface area contributed by atoms with E-state index in [1.54, 1.807) is 25.7 Å². The van der Waals surface area contributed by atoms with E-state index in [1.165, 1.54) is 11.3 Å². The van der Waals surface area contributed by atoms with Crippen LogP contribution < -0.4 is 14.8 Å². The number of fused-ring (bicyclic) bond motifs is 2. The Morgan fingerprint density at radius 3 is 3.18 bits per heavy atom.